The minimum atomic E-state index is -4.62. The van der Waals surface area contributed by atoms with Gasteiger partial charge in [-0.25, -0.2) is 0 Å². The molecule has 0 aliphatic rings. The maximum atomic E-state index is 10.7. The van der Waals surface area contributed by atoms with Crippen molar-refractivity contribution < 1.29 is 21.9 Å². The molecule has 0 aliphatic heterocycles. The van der Waals surface area contributed by atoms with E-state index in [1.807, 2.05) is 0 Å². The molecule has 1 N–H and O–H groups in total. The zero-order valence-corrected chi connectivity index (χ0v) is 9.05. The van der Waals surface area contributed by atoms with E-state index in [4.69, 9.17) is 4.55 Å². The van der Waals surface area contributed by atoms with Gasteiger partial charge in [0.15, 0.2) is 0 Å². The van der Waals surface area contributed by atoms with E-state index in [0.717, 1.165) is 25.7 Å². The Bertz CT molecular complexity index is 257. The van der Waals surface area contributed by atoms with Crippen molar-refractivity contribution >= 4 is 16.4 Å². The van der Waals surface area contributed by atoms with Crippen LogP contribution in [0.4, 0.5) is 0 Å². The van der Waals surface area contributed by atoms with Crippen LogP contribution in [-0.2, 0) is 19.4 Å². The predicted molar refractivity (Wildman–Crippen MR) is 51.0 cm³/mol. The number of carbonyl (C=O) groups is 1. The summed E-state index contributed by atoms with van der Waals surface area (Å²) in [5, 5.41) is 0. The first-order valence-electron chi connectivity index (χ1n) is 4.65. The third-order valence-electron chi connectivity index (χ3n) is 1.68. The quantitative estimate of drug-likeness (QED) is 0.525. The first-order valence-corrected chi connectivity index (χ1v) is 6.02. The van der Waals surface area contributed by atoms with Crippen LogP contribution in [0.15, 0.2) is 0 Å². The summed E-state index contributed by atoms with van der Waals surface area (Å²) in [6, 6.07) is 0. The van der Waals surface area contributed by atoms with E-state index in [0.29, 0.717) is 6.42 Å². The van der Waals surface area contributed by atoms with Crippen LogP contribution >= 0.6 is 0 Å². The molecule has 84 valence electrons. The summed E-state index contributed by atoms with van der Waals surface area (Å²) in [6.45, 7) is 2.08. The van der Waals surface area contributed by atoms with Crippen LogP contribution in [0.25, 0.3) is 0 Å². The van der Waals surface area contributed by atoms with Gasteiger partial charge in [0.2, 0.25) is 0 Å². The lowest BCUT2D eigenvalue weighted by Crippen LogP contribution is -2.11. The SMILES string of the molecule is CCCCCCCC(=O)OS(=O)(=O)O. The lowest BCUT2D eigenvalue weighted by molar-refractivity contribution is -0.134. The molecule has 0 rings (SSSR count). The van der Waals surface area contributed by atoms with Crippen LogP contribution in [0.3, 0.4) is 0 Å². The van der Waals surface area contributed by atoms with Crippen LogP contribution < -0.4 is 0 Å². The maximum absolute atomic E-state index is 10.7. The van der Waals surface area contributed by atoms with Gasteiger partial charge < -0.3 is 4.18 Å². The molecular weight excluding hydrogens is 208 g/mol. The summed E-state index contributed by atoms with van der Waals surface area (Å²) in [5.74, 6) is -0.899. The second-order valence-electron chi connectivity index (χ2n) is 3.05. The van der Waals surface area contributed by atoms with Gasteiger partial charge in [0.1, 0.15) is 0 Å². The van der Waals surface area contributed by atoms with Crippen molar-refractivity contribution in [2.45, 2.75) is 45.4 Å². The topological polar surface area (TPSA) is 80.7 Å². The second kappa shape index (κ2) is 6.78. The first-order chi connectivity index (χ1) is 6.45. The summed E-state index contributed by atoms with van der Waals surface area (Å²) in [5.41, 5.74) is 0. The largest absolute Gasteiger partial charge is 0.448 e. The lowest BCUT2D eigenvalue weighted by atomic mass is 10.1. The molecule has 0 saturated heterocycles. The minimum absolute atomic E-state index is 0.0313. The fourth-order valence-corrected chi connectivity index (χ4v) is 1.35. The average Bonchev–Trinajstić information content (AvgIpc) is 2.00. The van der Waals surface area contributed by atoms with E-state index in [-0.39, 0.29) is 6.42 Å². The molecule has 6 heteroatoms. The van der Waals surface area contributed by atoms with Crippen LogP contribution in [0.1, 0.15) is 45.4 Å². The third kappa shape index (κ3) is 9.47. The number of hydrogen-bond donors (Lipinski definition) is 1. The molecule has 0 aliphatic carbocycles. The van der Waals surface area contributed by atoms with Crippen LogP contribution in [-0.4, -0.2) is 18.9 Å². The predicted octanol–water partition coefficient (Wildman–Crippen LogP) is 1.69. The molecular formula is C8H16O5S. The normalized spacial score (nSPS) is 11.3. The molecule has 5 nitrogen and oxygen atoms in total. The van der Waals surface area contributed by atoms with Crippen LogP contribution in [0.2, 0.25) is 0 Å². The van der Waals surface area contributed by atoms with E-state index in [2.05, 4.69) is 11.1 Å². The Kier molecular flexibility index (Phi) is 6.48. The van der Waals surface area contributed by atoms with Gasteiger partial charge in [-0.15, -0.1) is 0 Å². The Morgan fingerprint density at radius 3 is 2.29 bits per heavy atom. The lowest BCUT2D eigenvalue weighted by Gasteiger charge is -2.00. The molecule has 0 spiro atoms. The Balaban J connectivity index is 3.46. The molecule has 0 heterocycles. The van der Waals surface area contributed by atoms with Gasteiger partial charge in [-0.2, -0.15) is 8.42 Å². The van der Waals surface area contributed by atoms with Gasteiger partial charge in [0.25, 0.3) is 0 Å². The summed E-state index contributed by atoms with van der Waals surface area (Å²) >= 11 is 0. The highest BCUT2D eigenvalue weighted by Crippen LogP contribution is 2.06. The summed E-state index contributed by atoms with van der Waals surface area (Å²) in [4.78, 5) is 10.7. The molecule has 0 fully saturated rings. The Morgan fingerprint density at radius 2 is 1.79 bits per heavy atom. The van der Waals surface area contributed by atoms with E-state index in [1.54, 1.807) is 0 Å². The number of unbranched alkanes of at least 4 members (excludes halogenated alkanes) is 4. The Hall–Kier alpha value is -0.620. The molecule has 0 amide bonds. The standard InChI is InChI=1S/C8H16O5S/c1-2-3-4-5-6-7-8(9)13-14(10,11)12/h2-7H2,1H3,(H,10,11,12). The van der Waals surface area contributed by atoms with Crippen molar-refractivity contribution in [3.05, 3.63) is 0 Å². The van der Waals surface area contributed by atoms with Crippen molar-refractivity contribution in [1.82, 2.24) is 0 Å². The van der Waals surface area contributed by atoms with Crippen LogP contribution in [0, 0.1) is 0 Å². The fourth-order valence-electron chi connectivity index (χ4n) is 1.03. The highest BCUT2D eigenvalue weighted by Gasteiger charge is 2.11. The molecule has 14 heavy (non-hydrogen) atoms. The number of rotatable bonds is 7. The molecule has 0 saturated carbocycles. The second-order valence-corrected chi connectivity index (χ2v) is 4.07. The van der Waals surface area contributed by atoms with Crippen LogP contribution in [0.5, 0.6) is 0 Å². The molecule has 0 aromatic heterocycles. The minimum Gasteiger partial charge on any atom is -0.325 e. The van der Waals surface area contributed by atoms with Crippen molar-refractivity contribution in [1.29, 1.82) is 0 Å². The highest BCUT2D eigenvalue weighted by atomic mass is 32.3. The van der Waals surface area contributed by atoms with Crippen molar-refractivity contribution in [2.24, 2.45) is 0 Å². The summed E-state index contributed by atoms with van der Waals surface area (Å²) in [6.07, 6.45) is 4.73. The highest BCUT2D eigenvalue weighted by molar-refractivity contribution is 7.81. The monoisotopic (exact) mass is 224 g/mol. The van der Waals surface area contributed by atoms with Crippen molar-refractivity contribution in [3.8, 4) is 0 Å². The molecule has 0 aromatic carbocycles. The van der Waals surface area contributed by atoms with Gasteiger partial charge >= 0.3 is 16.4 Å². The molecule has 0 bridgehead atoms. The first kappa shape index (κ1) is 13.4. The maximum Gasteiger partial charge on any atom is 0.448 e. The van der Waals surface area contributed by atoms with Crippen molar-refractivity contribution in [2.75, 3.05) is 0 Å². The molecule has 0 aromatic rings. The summed E-state index contributed by atoms with van der Waals surface area (Å²) in [7, 11) is -4.62. The fraction of sp³-hybridized carbons (Fsp3) is 0.875. The molecule has 0 radical (unpaired) electrons. The molecule has 0 atom stereocenters. The Morgan fingerprint density at radius 1 is 1.21 bits per heavy atom. The third-order valence-corrected chi connectivity index (χ3v) is 2.08. The summed E-state index contributed by atoms with van der Waals surface area (Å²) < 4.78 is 32.1. The zero-order chi connectivity index (χ0) is 11.0. The molecule has 0 unspecified atom stereocenters. The van der Waals surface area contributed by atoms with E-state index < -0.39 is 16.4 Å². The smallest absolute Gasteiger partial charge is 0.325 e. The van der Waals surface area contributed by atoms with E-state index in [1.165, 1.54) is 0 Å². The van der Waals surface area contributed by atoms with Gasteiger partial charge in [0.05, 0.1) is 0 Å². The van der Waals surface area contributed by atoms with E-state index in [9.17, 15) is 13.2 Å². The van der Waals surface area contributed by atoms with E-state index >= 15 is 0 Å². The van der Waals surface area contributed by atoms with Gasteiger partial charge in [0, 0.05) is 6.42 Å². The average molecular weight is 224 g/mol. The Labute approximate surface area is 84.4 Å². The van der Waals surface area contributed by atoms with Gasteiger partial charge in [-0.1, -0.05) is 32.6 Å². The van der Waals surface area contributed by atoms with Gasteiger partial charge in [-0.3, -0.25) is 9.35 Å². The van der Waals surface area contributed by atoms with Gasteiger partial charge in [-0.05, 0) is 6.42 Å². The zero-order valence-electron chi connectivity index (χ0n) is 8.23. The number of carbonyl (C=O) groups excluding carboxylic acids is 1. The number of hydrogen-bond acceptors (Lipinski definition) is 4. The van der Waals surface area contributed by atoms with Crippen molar-refractivity contribution in [3.63, 3.8) is 0 Å².